The van der Waals surface area contributed by atoms with Gasteiger partial charge in [-0.2, -0.15) is 0 Å². The van der Waals surface area contributed by atoms with Gasteiger partial charge in [0.15, 0.2) is 0 Å². The molecule has 3 rings (SSSR count). The minimum absolute atomic E-state index is 0.0238. The van der Waals surface area contributed by atoms with Crippen LogP contribution >= 0.6 is 0 Å². The Kier molecular flexibility index (Phi) is 5.12. The van der Waals surface area contributed by atoms with Crippen molar-refractivity contribution < 1.29 is 9.59 Å². The van der Waals surface area contributed by atoms with Crippen LogP contribution in [0.1, 0.15) is 35.6 Å². The summed E-state index contributed by atoms with van der Waals surface area (Å²) in [4.78, 5) is 27.2. The van der Waals surface area contributed by atoms with Gasteiger partial charge in [0.25, 0.3) is 0 Å². The molecule has 136 valence electrons. The van der Waals surface area contributed by atoms with Crippen LogP contribution in [0.5, 0.6) is 0 Å². The first-order chi connectivity index (χ1) is 12.4. The number of anilines is 2. The van der Waals surface area contributed by atoms with Crippen LogP contribution < -0.4 is 10.2 Å². The van der Waals surface area contributed by atoms with Crippen molar-refractivity contribution in [1.29, 1.82) is 0 Å². The van der Waals surface area contributed by atoms with E-state index in [1.165, 1.54) is 0 Å². The van der Waals surface area contributed by atoms with Crippen LogP contribution in [0.15, 0.2) is 36.4 Å². The van der Waals surface area contributed by atoms with Gasteiger partial charge in [0.2, 0.25) is 11.8 Å². The highest BCUT2D eigenvalue weighted by atomic mass is 16.2. The van der Waals surface area contributed by atoms with E-state index >= 15 is 0 Å². The van der Waals surface area contributed by atoms with Gasteiger partial charge in [-0.15, -0.1) is 0 Å². The molecule has 0 saturated carbocycles. The zero-order chi connectivity index (χ0) is 18.8. The van der Waals surface area contributed by atoms with Gasteiger partial charge in [-0.05, 0) is 49.4 Å². The van der Waals surface area contributed by atoms with Crippen LogP contribution in [0.2, 0.25) is 0 Å². The lowest BCUT2D eigenvalue weighted by molar-refractivity contribution is -0.122. The fraction of sp³-hybridized carbons (Fsp3) is 0.364. The van der Waals surface area contributed by atoms with Crippen LogP contribution in [0.4, 0.5) is 11.4 Å². The van der Waals surface area contributed by atoms with Crippen molar-refractivity contribution in [1.82, 2.24) is 0 Å². The molecule has 0 aliphatic carbocycles. The van der Waals surface area contributed by atoms with E-state index in [-0.39, 0.29) is 24.2 Å². The zero-order valence-electron chi connectivity index (χ0n) is 15.9. The fourth-order valence-corrected chi connectivity index (χ4v) is 3.73. The smallest absolute Gasteiger partial charge is 0.229 e. The second kappa shape index (κ2) is 7.32. The summed E-state index contributed by atoms with van der Waals surface area (Å²) in [5, 5.41) is 3.04. The van der Waals surface area contributed by atoms with Crippen molar-refractivity contribution in [2.75, 3.05) is 16.8 Å². The molecule has 1 N–H and O–H groups in total. The molecule has 0 spiro atoms. The molecular formula is C22H26N2O2. The third-order valence-electron chi connectivity index (χ3n) is 5.20. The highest BCUT2D eigenvalue weighted by Gasteiger charge is 2.36. The fourth-order valence-electron chi connectivity index (χ4n) is 3.73. The highest BCUT2D eigenvalue weighted by molar-refractivity contribution is 6.04. The van der Waals surface area contributed by atoms with Gasteiger partial charge in [0, 0.05) is 24.3 Å². The number of amides is 2. The lowest BCUT2D eigenvalue weighted by Gasteiger charge is -2.22. The molecule has 0 radical (unpaired) electrons. The first-order valence-electron chi connectivity index (χ1n) is 9.18. The van der Waals surface area contributed by atoms with Crippen LogP contribution in [-0.4, -0.2) is 18.4 Å². The Labute approximate surface area is 155 Å². The SMILES string of the molecule is CCc1cccc(C)c1N1CC(C(=O)Nc2c(C)cccc2C)CC1=O. The summed E-state index contributed by atoms with van der Waals surface area (Å²) in [6.45, 7) is 8.51. The molecule has 2 amide bonds. The second-order valence-electron chi connectivity index (χ2n) is 7.10. The van der Waals surface area contributed by atoms with Crippen LogP contribution in [0.3, 0.4) is 0 Å². The van der Waals surface area contributed by atoms with E-state index in [0.29, 0.717) is 6.54 Å². The van der Waals surface area contributed by atoms with Gasteiger partial charge >= 0.3 is 0 Å². The molecule has 1 aliphatic heterocycles. The summed E-state index contributed by atoms with van der Waals surface area (Å²) >= 11 is 0. The first-order valence-corrected chi connectivity index (χ1v) is 9.18. The predicted octanol–water partition coefficient (Wildman–Crippen LogP) is 4.17. The molecule has 0 aromatic heterocycles. The summed E-state index contributed by atoms with van der Waals surface area (Å²) in [6.07, 6.45) is 1.12. The highest BCUT2D eigenvalue weighted by Crippen LogP contribution is 2.32. The Balaban J connectivity index is 1.81. The van der Waals surface area contributed by atoms with Gasteiger partial charge in [-0.25, -0.2) is 0 Å². The van der Waals surface area contributed by atoms with Gasteiger partial charge in [-0.1, -0.05) is 43.3 Å². The molecule has 2 aromatic carbocycles. The summed E-state index contributed by atoms with van der Waals surface area (Å²) in [7, 11) is 0. The van der Waals surface area contributed by atoms with Crippen molar-refractivity contribution in [3.05, 3.63) is 58.7 Å². The number of rotatable bonds is 4. The van der Waals surface area contributed by atoms with Crippen LogP contribution in [0, 0.1) is 26.7 Å². The monoisotopic (exact) mass is 350 g/mol. The van der Waals surface area contributed by atoms with E-state index < -0.39 is 0 Å². The molecule has 1 aliphatic rings. The second-order valence-corrected chi connectivity index (χ2v) is 7.10. The molecule has 0 bridgehead atoms. The molecule has 1 saturated heterocycles. The quantitative estimate of drug-likeness (QED) is 0.900. The summed E-state index contributed by atoms with van der Waals surface area (Å²) < 4.78 is 0. The minimum atomic E-state index is -0.328. The predicted molar refractivity (Wildman–Crippen MR) is 106 cm³/mol. The lowest BCUT2D eigenvalue weighted by atomic mass is 10.0. The molecule has 1 heterocycles. The van der Waals surface area contributed by atoms with Gasteiger partial charge < -0.3 is 10.2 Å². The van der Waals surface area contributed by atoms with E-state index in [2.05, 4.69) is 18.3 Å². The van der Waals surface area contributed by atoms with Gasteiger partial charge in [0.1, 0.15) is 0 Å². The number of nitrogens with one attached hydrogen (secondary N) is 1. The molecular weight excluding hydrogens is 324 g/mol. The minimum Gasteiger partial charge on any atom is -0.325 e. The van der Waals surface area contributed by atoms with Crippen LogP contribution in [-0.2, 0) is 16.0 Å². The molecule has 1 atom stereocenters. The van der Waals surface area contributed by atoms with E-state index in [0.717, 1.165) is 40.0 Å². The number of carbonyl (C=O) groups is 2. The maximum absolute atomic E-state index is 12.8. The zero-order valence-corrected chi connectivity index (χ0v) is 15.9. The first kappa shape index (κ1) is 18.2. The van der Waals surface area contributed by atoms with Crippen molar-refractivity contribution in [3.8, 4) is 0 Å². The Morgan fingerprint density at radius 1 is 1.08 bits per heavy atom. The average Bonchev–Trinajstić information content (AvgIpc) is 2.99. The van der Waals surface area contributed by atoms with Crippen molar-refractivity contribution in [2.24, 2.45) is 5.92 Å². The third kappa shape index (κ3) is 3.36. The number of nitrogens with zero attached hydrogens (tertiary/aromatic N) is 1. The summed E-state index contributed by atoms with van der Waals surface area (Å²) in [5.74, 6) is -0.383. The van der Waals surface area contributed by atoms with Gasteiger partial charge in [-0.3, -0.25) is 9.59 Å². The van der Waals surface area contributed by atoms with Crippen molar-refractivity contribution in [2.45, 2.75) is 40.5 Å². The molecule has 1 unspecified atom stereocenters. The maximum Gasteiger partial charge on any atom is 0.229 e. The Morgan fingerprint density at radius 2 is 1.69 bits per heavy atom. The van der Waals surface area contributed by atoms with E-state index in [1.807, 2.05) is 51.1 Å². The average molecular weight is 350 g/mol. The number of hydrogen-bond donors (Lipinski definition) is 1. The molecule has 4 heteroatoms. The van der Waals surface area contributed by atoms with Gasteiger partial charge in [0.05, 0.1) is 5.92 Å². The van der Waals surface area contributed by atoms with E-state index in [1.54, 1.807) is 4.90 Å². The maximum atomic E-state index is 12.8. The molecule has 2 aromatic rings. The number of para-hydroxylation sites is 2. The number of hydrogen-bond acceptors (Lipinski definition) is 2. The summed E-state index contributed by atoms with van der Waals surface area (Å²) in [6, 6.07) is 12.0. The van der Waals surface area contributed by atoms with Crippen molar-refractivity contribution in [3.63, 3.8) is 0 Å². The van der Waals surface area contributed by atoms with E-state index in [9.17, 15) is 9.59 Å². The Bertz CT molecular complexity index is 837. The normalized spacial score (nSPS) is 16.8. The molecule has 4 nitrogen and oxygen atoms in total. The number of benzene rings is 2. The number of aryl methyl sites for hydroxylation is 4. The Hall–Kier alpha value is -2.62. The molecule has 26 heavy (non-hydrogen) atoms. The third-order valence-corrected chi connectivity index (χ3v) is 5.20. The topological polar surface area (TPSA) is 49.4 Å². The summed E-state index contributed by atoms with van der Waals surface area (Å²) in [5.41, 5.74) is 6.12. The standard InChI is InChI=1S/C22H26N2O2/c1-5-17-11-7-10-16(4)21(17)24-13-18(12-19(24)25)22(26)23-20-14(2)8-6-9-15(20)3/h6-11,18H,5,12-13H2,1-4H3,(H,23,26). The number of carbonyl (C=O) groups excluding carboxylic acids is 2. The van der Waals surface area contributed by atoms with Crippen LogP contribution in [0.25, 0.3) is 0 Å². The molecule has 1 fully saturated rings. The van der Waals surface area contributed by atoms with E-state index in [4.69, 9.17) is 0 Å². The largest absolute Gasteiger partial charge is 0.325 e. The Morgan fingerprint density at radius 3 is 2.35 bits per heavy atom. The van der Waals surface area contributed by atoms with Crippen molar-refractivity contribution >= 4 is 23.2 Å². The lowest BCUT2D eigenvalue weighted by Crippen LogP contribution is -2.29.